The van der Waals surface area contributed by atoms with Crippen molar-refractivity contribution in [2.45, 2.75) is 194 Å². The number of nitrogens with one attached hydrogen (secondary N) is 2. The van der Waals surface area contributed by atoms with Crippen LogP contribution in [0.1, 0.15) is 143 Å². The van der Waals surface area contributed by atoms with E-state index in [2.05, 4.69) is 57.9 Å². The molecule has 16 rings (SSSR count). The highest BCUT2D eigenvalue weighted by Crippen LogP contribution is 2.46. The highest BCUT2D eigenvalue weighted by atomic mass is 16.7. The van der Waals surface area contributed by atoms with E-state index >= 15 is 0 Å². The Labute approximate surface area is 759 Å². The molecule has 11 N–H and O–H groups in total. The number of ether oxygens (including phenoxy) is 5. The summed E-state index contributed by atoms with van der Waals surface area (Å²) in [5.74, 6) is -11.7. The van der Waals surface area contributed by atoms with Crippen molar-refractivity contribution < 1.29 is 92.9 Å². The number of rotatable bonds is 7. The molecule has 704 valence electrons. The van der Waals surface area contributed by atoms with Crippen molar-refractivity contribution in [1.29, 1.82) is 0 Å². The summed E-state index contributed by atoms with van der Waals surface area (Å²) in [6.45, 7) is 44.6. The number of aliphatic hydroxyl groups excluding tert-OH is 7. The van der Waals surface area contributed by atoms with Crippen LogP contribution in [0.5, 0.6) is 23.0 Å². The van der Waals surface area contributed by atoms with E-state index in [4.69, 9.17) is 42.5 Å². The summed E-state index contributed by atoms with van der Waals surface area (Å²) < 4.78 is 43.6. The minimum Gasteiger partial charge on any atom is -0.507 e. The number of fused-ring (bicyclic) bond motifs is 28. The van der Waals surface area contributed by atoms with Gasteiger partial charge in [-0.25, -0.2) is 9.97 Å². The van der Waals surface area contributed by atoms with Crippen molar-refractivity contribution in [2.75, 3.05) is 85.9 Å². The van der Waals surface area contributed by atoms with Crippen molar-refractivity contribution in [3.63, 3.8) is 0 Å². The van der Waals surface area contributed by atoms with Crippen LogP contribution in [0.25, 0.3) is 77.5 Å². The molecule has 131 heavy (non-hydrogen) atoms. The fourth-order valence-corrected chi connectivity index (χ4v) is 18.9. The molecule has 2 amide bonds. The largest absolute Gasteiger partial charge is 0.507 e. The van der Waals surface area contributed by atoms with Crippen molar-refractivity contribution >= 4 is 118 Å². The summed E-state index contributed by atoms with van der Waals surface area (Å²) >= 11 is 0. The van der Waals surface area contributed by atoms with E-state index < -0.39 is 158 Å². The summed E-state index contributed by atoms with van der Waals surface area (Å²) in [5.41, 5.74) is -2.33. The lowest BCUT2D eigenvalue weighted by molar-refractivity contribution is -0.158. The van der Waals surface area contributed by atoms with E-state index in [9.17, 15) is 79.5 Å². The molecule has 0 spiro atoms. The van der Waals surface area contributed by atoms with Gasteiger partial charge in [-0.2, -0.15) is 0 Å². The number of phenolic OH excluding ortho intramolecular Hbond substituents is 2. The molecule has 31 nitrogen and oxygen atoms in total. The van der Waals surface area contributed by atoms with E-state index in [0.717, 1.165) is 39.3 Å². The summed E-state index contributed by atoms with van der Waals surface area (Å²) in [4.78, 5) is 117. The van der Waals surface area contributed by atoms with E-state index in [1.165, 1.54) is 85.3 Å². The molecule has 8 aliphatic rings. The Morgan fingerprint density at radius 3 is 1.21 bits per heavy atom. The third-order valence-corrected chi connectivity index (χ3v) is 27.6. The summed E-state index contributed by atoms with van der Waals surface area (Å²) in [5, 5.41) is 109. The third-order valence-electron chi connectivity index (χ3n) is 27.6. The molecule has 0 aliphatic carbocycles. The Morgan fingerprint density at radius 1 is 0.473 bits per heavy atom. The van der Waals surface area contributed by atoms with Gasteiger partial charge in [-0.15, -0.1) is 0 Å². The molecular formula is C100H126N8O23. The van der Waals surface area contributed by atoms with Gasteiger partial charge < -0.3 is 98.9 Å². The van der Waals surface area contributed by atoms with Crippen LogP contribution in [0.15, 0.2) is 125 Å². The van der Waals surface area contributed by atoms with Gasteiger partial charge in [-0.3, -0.25) is 43.4 Å². The lowest BCUT2D eigenvalue weighted by Gasteiger charge is -2.37. The molecule has 8 aliphatic heterocycles. The molecule has 18 atom stereocenters. The highest BCUT2D eigenvalue weighted by molar-refractivity contribution is 6.18. The number of allylic oxidation sites excluding steroid dienone is 6. The van der Waals surface area contributed by atoms with Gasteiger partial charge in [0.2, 0.25) is 21.7 Å². The van der Waals surface area contributed by atoms with Gasteiger partial charge in [0.25, 0.3) is 11.8 Å². The van der Waals surface area contributed by atoms with E-state index in [0.29, 0.717) is 49.4 Å². The molecule has 0 saturated carbocycles. The lowest BCUT2D eigenvalue weighted by atomic mass is 9.77. The second kappa shape index (κ2) is 38.4. The zero-order chi connectivity index (χ0) is 95.7. The number of phenols is 2. The number of aliphatic hydroxyl groups is 7. The number of carbonyl (C=O) groups excluding carboxylic acids is 3. The van der Waals surface area contributed by atoms with Gasteiger partial charge in [0.15, 0.2) is 44.9 Å². The number of anilines is 4. The fourth-order valence-electron chi connectivity index (χ4n) is 18.9. The Hall–Kier alpha value is -11.5. The lowest BCUT2D eigenvalue weighted by Crippen LogP contribution is -2.47. The number of hydrogen-bond donors (Lipinski definition) is 11. The van der Waals surface area contributed by atoms with Gasteiger partial charge >= 0.3 is 17.5 Å². The minimum atomic E-state index is -1.93. The van der Waals surface area contributed by atoms with Crippen molar-refractivity contribution in [1.82, 2.24) is 19.8 Å². The molecule has 10 heterocycles. The smallest absolute Gasteiger partial charge is 0.307 e. The number of carbonyl (C=O) groups is 3. The van der Waals surface area contributed by atoms with Gasteiger partial charge in [-0.1, -0.05) is 133 Å². The van der Waals surface area contributed by atoms with Crippen molar-refractivity contribution in [2.24, 2.45) is 71.0 Å². The first-order valence-electron chi connectivity index (χ1n) is 45.4. The maximum Gasteiger partial charge on any atom is 0.307 e. The third kappa shape index (κ3) is 18.8. The van der Waals surface area contributed by atoms with Crippen LogP contribution in [-0.4, -0.2) is 197 Å². The predicted molar refractivity (Wildman–Crippen MR) is 504 cm³/mol. The quantitative estimate of drug-likeness (QED) is 0.0401. The molecular weight excluding hydrogens is 1680 g/mol. The molecule has 31 heteroatoms. The van der Waals surface area contributed by atoms with Crippen LogP contribution >= 0.6 is 0 Å². The van der Waals surface area contributed by atoms with E-state index in [1.54, 1.807) is 90.1 Å². The normalized spacial score (nSPS) is 30.2. The first kappa shape index (κ1) is 97.1. The predicted octanol–water partition coefficient (Wildman–Crippen LogP) is 11.3. The van der Waals surface area contributed by atoms with Crippen LogP contribution in [0.2, 0.25) is 0 Å². The van der Waals surface area contributed by atoms with Gasteiger partial charge in [0, 0.05) is 190 Å². The zero-order valence-corrected chi connectivity index (χ0v) is 78.5. The second-order valence-corrected chi connectivity index (χ2v) is 38.2. The monoisotopic (exact) mass is 1810 g/mol. The maximum atomic E-state index is 14.9. The van der Waals surface area contributed by atoms with E-state index in [1.807, 2.05) is 27.7 Å². The standard InChI is InChI=1S/C51H64N4O12.C49H62N4O11/c1-24(2)23-54-16-18-55(19-17-54)33-21-34(57)39-35(22-33)66-48-40(52-39)36-37-44(60)31(9)47-38(36)49(62)51(11,67-47)64-20-15-25(3)28(6)46(65-32(10)56)30(8)43(59)29(7)42(58)26(4)13-12-14-27(5)50(63)53-41(48)45(37)61;1-23(2)22-52-15-17-53(18-16-52)31-20-32(54)37-33(21-31)63-46-38(50-37)34-35-43(58)30(9)45-36(34)47(60)49(10,64-45)62-19-14-24(3)27(6)41(56)29(8)42(57)28(7)40(55)25(4)12-11-13-26(5)48(61)51-39(46)44(35)59/h12-15,20-22,24-26,28-30,42-43,46,58-60,62H,16-19,23H2,1-11H3,(H,53,63);11-14,19-21,23-25,27-29,40-42,55-58,60H,15-18,22H2,1-10H3,(H,51,61)/b13-12+,20-15+,27-14-;12-11+,19-14+,26-13-/t25-,26-,28+,29+,30+,42-,43+,46+,51-;24-,25-,27+,28+,29-,40-,41+,42+,49-/m00/s1. The van der Waals surface area contributed by atoms with E-state index in [-0.39, 0.29) is 133 Å². The number of aromatic hydroxyl groups is 2. The molecule has 8 aromatic rings. The van der Waals surface area contributed by atoms with Gasteiger partial charge in [0.1, 0.15) is 51.5 Å². The van der Waals surface area contributed by atoms with Gasteiger partial charge in [-0.05, 0) is 75.4 Å². The Kier molecular flexibility index (Phi) is 28.5. The molecule has 10 bridgehead atoms. The molecule has 2 fully saturated rings. The molecule has 0 radical (unpaired) electrons. The van der Waals surface area contributed by atoms with Crippen LogP contribution in [-0.2, 0) is 28.6 Å². The van der Waals surface area contributed by atoms with Crippen LogP contribution < -0.4 is 62.1 Å². The fraction of sp³-hybridized carbons (Fsp3) is 0.510. The molecule has 2 saturated heterocycles. The number of amides is 2. The molecule has 2 aromatic heterocycles. The minimum absolute atomic E-state index is 0.00615. The zero-order valence-electron chi connectivity index (χ0n) is 78.5. The number of benzene rings is 6. The van der Waals surface area contributed by atoms with Crippen LogP contribution in [0.3, 0.4) is 0 Å². The summed E-state index contributed by atoms with van der Waals surface area (Å²) in [6.07, 6.45) is 9.64. The Bertz CT molecular complexity index is 6400. The number of aromatic nitrogens is 2. The van der Waals surface area contributed by atoms with Crippen LogP contribution in [0.4, 0.5) is 22.7 Å². The van der Waals surface area contributed by atoms with Gasteiger partial charge in [0.05, 0.1) is 64.3 Å². The Balaban J connectivity index is 0.000000223. The van der Waals surface area contributed by atoms with Crippen molar-refractivity contribution in [3.05, 3.63) is 159 Å². The average Bonchev–Trinajstić information content (AvgIpc) is 1.12. The first-order chi connectivity index (χ1) is 61.7. The molecule has 0 unspecified atom stereocenters. The number of hydrogen-bond acceptors (Lipinski definition) is 29. The van der Waals surface area contributed by atoms with Crippen molar-refractivity contribution in [3.8, 4) is 23.0 Å². The first-order valence-corrected chi connectivity index (χ1v) is 45.4. The molecule has 6 aromatic carbocycles. The van der Waals surface area contributed by atoms with Crippen LogP contribution in [0, 0.1) is 84.9 Å². The maximum absolute atomic E-state index is 14.9. The second-order valence-electron chi connectivity index (χ2n) is 38.2. The summed E-state index contributed by atoms with van der Waals surface area (Å²) in [6, 6.07) is 6.35. The highest BCUT2D eigenvalue weighted by Gasteiger charge is 2.47. The Morgan fingerprint density at radius 2 is 0.832 bits per heavy atom. The topological polar surface area (TPSA) is 437 Å². The summed E-state index contributed by atoms with van der Waals surface area (Å²) in [7, 11) is 0. The number of nitrogens with zero attached hydrogens (tertiary/aromatic N) is 6. The SMILES string of the molecule is C/C1=C/C=C/[C@H](C)[C@H](O)[C@@H](C)[C@@H](O)[C@@H](C)[C@H](O)[C@H](C)[C@@H](C)/C=C/O[C@@]2(C)Oc3c(C)c(O)c4c(=O)c(c5oc6cc(N7CCN(CC(C)C)CC7)cc(=O)c6nc5c4c3=C2O)NC1=O.CC(=O)O[C@H]1[C@H](C)[C@H](O)[C@H](C)[C@@H](O)[C@@H](C)/C=C/C=C(/C)C(=O)Nc2c(=O)c3c(O)c(C)c4c(c3c3nc5c(=O)cc(N6CCN(CC(C)C)CC6)cc5oc23)=C(O)[C@@](C)(O/C=C/[C@H](C)[C@H]1C)O4. The number of piperazine rings is 2. The average molecular weight is 1810 g/mol. The number of esters is 1.